The molecular weight excluding hydrogens is 684 g/mol. The van der Waals surface area contributed by atoms with Crippen LogP contribution in [0.3, 0.4) is 0 Å². The van der Waals surface area contributed by atoms with Gasteiger partial charge in [0.15, 0.2) is 5.65 Å². The number of hydrogen-bond acceptors (Lipinski definition) is 9. The van der Waals surface area contributed by atoms with Crippen molar-refractivity contribution >= 4 is 40.1 Å². The third-order valence-electron chi connectivity index (χ3n) is 11.2. The first-order valence-corrected chi connectivity index (χ1v) is 19.1. The van der Waals surface area contributed by atoms with Gasteiger partial charge in [0.25, 0.3) is 0 Å². The maximum absolute atomic E-state index is 14.1. The average Bonchev–Trinajstić information content (AvgIpc) is 3.96. The Morgan fingerprint density at radius 3 is 2.59 bits per heavy atom. The van der Waals surface area contributed by atoms with E-state index in [1.165, 1.54) is 11.6 Å². The van der Waals surface area contributed by atoms with Crippen molar-refractivity contribution in [1.29, 1.82) is 0 Å². The Hall–Kier alpha value is -5.69. The van der Waals surface area contributed by atoms with E-state index < -0.39 is 6.04 Å². The van der Waals surface area contributed by atoms with E-state index in [1.54, 1.807) is 18.5 Å². The van der Waals surface area contributed by atoms with Crippen LogP contribution in [0, 0.1) is 5.82 Å². The molecule has 12 nitrogen and oxygen atoms in total. The van der Waals surface area contributed by atoms with E-state index in [1.807, 2.05) is 45.6 Å². The molecule has 3 aliphatic rings. The summed E-state index contributed by atoms with van der Waals surface area (Å²) in [4.78, 5) is 45.4. The number of hydrogen-bond donors (Lipinski definition) is 1. The molecule has 0 spiro atoms. The summed E-state index contributed by atoms with van der Waals surface area (Å²) in [7, 11) is 0. The molecule has 3 saturated heterocycles. The van der Waals surface area contributed by atoms with Gasteiger partial charge in [0, 0.05) is 39.1 Å². The normalized spacial score (nSPS) is 19.6. The molecule has 2 amide bonds. The van der Waals surface area contributed by atoms with Crippen molar-refractivity contribution in [3.8, 4) is 11.4 Å². The van der Waals surface area contributed by atoms with Crippen LogP contribution in [0.1, 0.15) is 61.7 Å². The number of fused-ring (bicyclic) bond motifs is 2. The van der Waals surface area contributed by atoms with E-state index in [2.05, 4.69) is 54.2 Å². The fraction of sp³-hybridized carbons (Fsp3) is 0.366. The summed E-state index contributed by atoms with van der Waals surface area (Å²) in [5.41, 5.74) is 6.46. The van der Waals surface area contributed by atoms with Crippen molar-refractivity contribution in [3.63, 3.8) is 0 Å². The molecule has 2 atom stereocenters. The summed E-state index contributed by atoms with van der Waals surface area (Å²) in [5, 5.41) is 7.48. The number of unbranched alkanes of at least 4 members (excludes halogenated alkanes) is 1. The summed E-state index contributed by atoms with van der Waals surface area (Å²) < 4.78 is 17.8. The minimum Gasteiger partial charge on any atom is -0.354 e. The molecule has 0 radical (unpaired) electrons. The van der Waals surface area contributed by atoms with Gasteiger partial charge in [0.1, 0.15) is 29.2 Å². The quantitative estimate of drug-likeness (QED) is 0.139. The smallest absolute Gasteiger partial charge is 0.249 e. The molecule has 3 fully saturated rings. The number of piperazine rings is 1. The molecule has 0 saturated carbocycles. The summed E-state index contributed by atoms with van der Waals surface area (Å²) in [6.45, 7) is 5.71. The molecular formula is C41H43FN10O2. The molecule has 276 valence electrons. The van der Waals surface area contributed by atoms with Crippen LogP contribution in [-0.4, -0.2) is 85.1 Å². The summed E-state index contributed by atoms with van der Waals surface area (Å²) in [5.74, 6) is 1.12. The number of imidazole rings is 2. The lowest BCUT2D eigenvalue weighted by atomic mass is 10.0. The zero-order valence-electron chi connectivity index (χ0n) is 30.1. The van der Waals surface area contributed by atoms with Gasteiger partial charge in [-0.2, -0.15) is 0 Å². The number of benzene rings is 2. The van der Waals surface area contributed by atoms with Gasteiger partial charge in [-0.15, -0.1) is 5.10 Å². The average molecular weight is 727 g/mol. The minimum atomic E-state index is -0.397. The summed E-state index contributed by atoms with van der Waals surface area (Å²) in [6, 6.07) is 23.1. The molecule has 6 aromatic rings. The number of nitrogens with one attached hydrogen (secondary N) is 1. The van der Waals surface area contributed by atoms with E-state index >= 15 is 0 Å². The van der Waals surface area contributed by atoms with Crippen LogP contribution < -0.4 is 15.1 Å². The van der Waals surface area contributed by atoms with E-state index in [0.29, 0.717) is 12.8 Å². The Balaban J connectivity index is 0.793. The lowest BCUT2D eigenvalue weighted by Crippen LogP contribution is -2.46. The molecule has 54 heavy (non-hydrogen) atoms. The van der Waals surface area contributed by atoms with E-state index in [9.17, 15) is 14.0 Å². The minimum absolute atomic E-state index is 0.0827. The van der Waals surface area contributed by atoms with Crippen LogP contribution in [0.2, 0.25) is 0 Å². The first-order valence-electron chi connectivity index (χ1n) is 19.1. The Kier molecular flexibility index (Phi) is 9.23. The van der Waals surface area contributed by atoms with Crippen LogP contribution in [0.15, 0.2) is 85.3 Å². The van der Waals surface area contributed by atoms with Crippen molar-refractivity contribution in [2.45, 2.75) is 57.0 Å². The van der Waals surface area contributed by atoms with Crippen LogP contribution in [0.5, 0.6) is 0 Å². The van der Waals surface area contributed by atoms with Gasteiger partial charge in [0.05, 0.1) is 35.3 Å². The van der Waals surface area contributed by atoms with Crippen molar-refractivity contribution in [2.24, 2.45) is 0 Å². The highest BCUT2D eigenvalue weighted by molar-refractivity contribution is 6.00. The van der Waals surface area contributed by atoms with E-state index in [-0.39, 0.29) is 23.7 Å². The maximum atomic E-state index is 14.1. The molecule has 9 rings (SSSR count). The van der Waals surface area contributed by atoms with Crippen LogP contribution in [-0.2, 0) is 16.0 Å². The third-order valence-corrected chi connectivity index (χ3v) is 11.2. The Morgan fingerprint density at radius 2 is 1.72 bits per heavy atom. The molecule has 13 heteroatoms. The molecule has 0 bridgehead atoms. The number of nitrogens with zero attached hydrogens (tertiary/aromatic N) is 9. The predicted molar refractivity (Wildman–Crippen MR) is 205 cm³/mol. The lowest BCUT2D eigenvalue weighted by molar-refractivity contribution is -0.135. The number of anilines is 2. The Morgan fingerprint density at radius 1 is 0.833 bits per heavy atom. The fourth-order valence-electron chi connectivity index (χ4n) is 8.33. The molecule has 1 N–H and O–H groups in total. The topological polar surface area (TPSA) is 117 Å². The number of carbonyl (C=O) groups is 2. The van der Waals surface area contributed by atoms with Crippen molar-refractivity contribution in [1.82, 2.24) is 39.3 Å². The third kappa shape index (κ3) is 6.79. The van der Waals surface area contributed by atoms with Gasteiger partial charge in [-0.05, 0) is 105 Å². The second kappa shape index (κ2) is 14.6. The molecule has 0 aliphatic carbocycles. The van der Waals surface area contributed by atoms with Gasteiger partial charge < -0.3 is 14.4 Å². The zero-order valence-corrected chi connectivity index (χ0v) is 30.1. The summed E-state index contributed by atoms with van der Waals surface area (Å²) in [6.07, 6.45) is 9.56. The van der Waals surface area contributed by atoms with Crippen LogP contribution in [0.4, 0.5) is 16.0 Å². The fourth-order valence-corrected chi connectivity index (χ4v) is 8.33. The number of aryl methyl sites for hydroxylation is 1. The Labute approximate surface area is 312 Å². The lowest BCUT2D eigenvalue weighted by Gasteiger charge is -2.35. The molecule has 3 aliphatic heterocycles. The molecule has 4 aromatic heterocycles. The monoisotopic (exact) mass is 726 g/mol. The number of imide groups is 1. The van der Waals surface area contributed by atoms with Crippen molar-refractivity contribution in [2.75, 3.05) is 49.1 Å². The summed E-state index contributed by atoms with van der Waals surface area (Å²) >= 11 is 0. The largest absolute Gasteiger partial charge is 0.354 e. The van der Waals surface area contributed by atoms with Gasteiger partial charge in [-0.3, -0.25) is 19.8 Å². The van der Waals surface area contributed by atoms with E-state index in [0.717, 1.165) is 117 Å². The van der Waals surface area contributed by atoms with E-state index in [4.69, 9.17) is 10.1 Å². The van der Waals surface area contributed by atoms with Gasteiger partial charge in [0.2, 0.25) is 11.8 Å². The highest BCUT2D eigenvalue weighted by atomic mass is 19.1. The number of amides is 2. The van der Waals surface area contributed by atoms with Crippen molar-refractivity contribution in [3.05, 3.63) is 102 Å². The Bertz CT molecular complexity index is 2330. The number of pyridine rings is 1. The second-order valence-electron chi connectivity index (χ2n) is 14.6. The first-order chi connectivity index (χ1) is 26.5. The highest BCUT2D eigenvalue weighted by Gasteiger charge is 2.30. The molecule has 7 heterocycles. The number of piperidine rings is 1. The number of carbonyl (C=O) groups excluding carboxylic acids is 2. The predicted octanol–water partition coefficient (Wildman–Crippen LogP) is 5.74. The highest BCUT2D eigenvalue weighted by Crippen LogP contribution is 2.36. The zero-order chi connectivity index (χ0) is 36.6. The maximum Gasteiger partial charge on any atom is 0.249 e. The number of rotatable bonds is 10. The second-order valence-corrected chi connectivity index (χ2v) is 14.6. The van der Waals surface area contributed by atoms with Crippen LogP contribution in [0.25, 0.3) is 28.1 Å². The standard InChI is InChI=1S/C41H43FN10O2/c42-30-8-3-7-29(25-30)33-10-5-19-50(33)39-16-15-37-43-26-36(52(37)47-39)31-9-4-11-38(45-31)49-22-20-48(21-23-49)18-2-1-6-28-12-13-34-32(24-28)44-27-51(34)35-14-17-40(53)46-41(35)54/h3-4,7-9,11-13,15-16,24-27,33,35H,1-2,5-6,10,14,17-23H2,(H,46,53,54)/t33-,35?/m1/s1. The van der Waals surface area contributed by atoms with Gasteiger partial charge in [-0.25, -0.2) is 23.9 Å². The van der Waals surface area contributed by atoms with Gasteiger partial charge >= 0.3 is 0 Å². The molecule has 1 unspecified atom stereocenters. The first kappa shape index (κ1) is 34.1. The van der Waals surface area contributed by atoms with Crippen LogP contribution >= 0.6 is 0 Å². The molecule has 2 aromatic carbocycles. The van der Waals surface area contributed by atoms with Gasteiger partial charge in [-0.1, -0.05) is 24.3 Å². The number of halogens is 1. The SMILES string of the molecule is O=C1CCC(n2cnc3cc(CCCCN4CCN(c5cccc(-c6cnc7ccc(N8CCC[C@@H]8c8cccc(F)c8)nn67)n5)CC4)ccc32)C(=O)N1. The number of aromatic nitrogens is 6. The van der Waals surface area contributed by atoms with Crippen molar-refractivity contribution < 1.29 is 14.0 Å².